The number of nitriles is 1. The van der Waals surface area contributed by atoms with Crippen LogP contribution in [0.4, 0.5) is 0 Å². The highest BCUT2D eigenvalue weighted by Crippen LogP contribution is 2.43. The van der Waals surface area contributed by atoms with Gasteiger partial charge in [-0.2, -0.15) is 5.26 Å². The Morgan fingerprint density at radius 1 is 0.400 bits per heavy atom. The first-order valence-electron chi connectivity index (χ1n) is 18.8. The summed E-state index contributed by atoms with van der Waals surface area (Å²) in [5.41, 5.74) is 17.9. The Bertz CT molecular complexity index is 3200. The number of rotatable bonds is 5. The van der Waals surface area contributed by atoms with E-state index in [4.69, 9.17) is 0 Å². The maximum Gasteiger partial charge on any atom is 0.0991 e. The van der Waals surface area contributed by atoms with Gasteiger partial charge >= 0.3 is 0 Å². The normalized spacial score (nSPS) is 11.5. The van der Waals surface area contributed by atoms with Gasteiger partial charge in [0.05, 0.1) is 45.1 Å². The average molecular weight is 704 g/mol. The zero-order valence-corrected chi connectivity index (χ0v) is 31.0. The van der Waals surface area contributed by atoms with Crippen LogP contribution in [0, 0.1) is 32.1 Å². The molecule has 3 heteroatoms. The van der Waals surface area contributed by atoms with Gasteiger partial charge in [-0.15, -0.1) is 0 Å². The van der Waals surface area contributed by atoms with Gasteiger partial charge in [-0.05, 0) is 96.6 Å². The van der Waals surface area contributed by atoms with Crippen LogP contribution < -0.4 is 0 Å². The monoisotopic (exact) mass is 703 g/mol. The second kappa shape index (κ2) is 12.8. The molecule has 3 nitrogen and oxygen atoms in total. The smallest absolute Gasteiger partial charge is 0.0991 e. The van der Waals surface area contributed by atoms with Crippen LogP contribution in [0.5, 0.6) is 0 Å². The average Bonchev–Trinajstić information content (AvgIpc) is 3.72. The van der Waals surface area contributed by atoms with Gasteiger partial charge in [0, 0.05) is 27.1 Å². The maximum absolute atomic E-state index is 9.99. The summed E-state index contributed by atoms with van der Waals surface area (Å²) in [6.07, 6.45) is 0. The summed E-state index contributed by atoms with van der Waals surface area (Å²) in [5.74, 6) is 0. The first kappa shape index (κ1) is 32.5. The highest BCUT2D eigenvalue weighted by atomic mass is 15.0. The molecule has 0 saturated heterocycles. The molecule has 0 amide bonds. The van der Waals surface area contributed by atoms with Gasteiger partial charge in [-0.1, -0.05) is 139 Å². The minimum atomic E-state index is 0.639. The van der Waals surface area contributed by atoms with E-state index in [1.165, 1.54) is 54.9 Å². The summed E-state index contributed by atoms with van der Waals surface area (Å²) in [4.78, 5) is 0. The molecule has 0 aliphatic rings. The molecule has 2 heterocycles. The molecule has 55 heavy (non-hydrogen) atoms. The van der Waals surface area contributed by atoms with Crippen molar-refractivity contribution in [1.82, 2.24) is 9.13 Å². The fourth-order valence-corrected chi connectivity index (χ4v) is 8.66. The SMILES string of the molecule is Cc1cccc(-c2ccc3c4ccccc4n(-c4ccc(-c5cccc(C#N)c5)c(-n5c6ccccc6c6ccc(-c7cccc(C)c7)cc65)c4C)c3c2)c1. The standard InChI is InChI=1S/C52H37N3/c1-33-11-8-14-37(27-33)39-21-23-45-43-17-4-6-19-48(43)54(50(45)30-39)47-26-25-42(41-16-10-13-36(29-41)32-53)52(35(47)3)55-49-20-7-5-18-44(49)46-24-22-40(31-51(46)55)38-15-9-12-34(2)28-38/h4-31H,1-3H3. The lowest BCUT2D eigenvalue weighted by atomic mass is 9.97. The molecular weight excluding hydrogens is 667 g/mol. The fraction of sp³-hybridized carbons (Fsp3) is 0.0577. The topological polar surface area (TPSA) is 33.6 Å². The molecule has 0 bridgehead atoms. The van der Waals surface area contributed by atoms with Gasteiger partial charge in [0.2, 0.25) is 0 Å². The Labute approximate surface area is 320 Å². The molecule has 0 spiro atoms. The van der Waals surface area contributed by atoms with Crippen LogP contribution in [-0.2, 0) is 0 Å². The lowest BCUT2D eigenvalue weighted by molar-refractivity contribution is 1.10. The zero-order valence-electron chi connectivity index (χ0n) is 31.0. The Balaban J connectivity index is 1.32. The minimum Gasteiger partial charge on any atom is -0.309 e. The molecule has 0 aliphatic heterocycles. The summed E-state index contributed by atoms with van der Waals surface area (Å²) in [5, 5.41) is 14.8. The van der Waals surface area contributed by atoms with Gasteiger partial charge < -0.3 is 9.13 Å². The van der Waals surface area contributed by atoms with Crippen LogP contribution in [-0.4, -0.2) is 9.13 Å². The van der Waals surface area contributed by atoms with Crippen LogP contribution >= 0.6 is 0 Å². The first-order valence-corrected chi connectivity index (χ1v) is 18.8. The van der Waals surface area contributed by atoms with E-state index in [0.29, 0.717) is 5.56 Å². The van der Waals surface area contributed by atoms with Crippen molar-refractivity contribution in [3.8, 4) is 50.8 Å². The second-order valence-electron chi connectivity index (χ2n) is 14.7. The predicted molar refractivity (Wildman–Crippen MR) is 230 cm³/mol. The number of hydrogen-bond acceptors (Lipinski definition) is 1. The molecule has 0 aliphatic carbocycles. The number of hydrogen-bond donors (Lipinski definition) is 0. The van der Waals surface area contributed by atoms with E-state index in [2.05, 4.69) is 188 Å². The van der Waals surface area contributed by atoms with E-state index in [0.717, 1.165) is 50.1 Å². The second-order valence-corrected chi connectivity index (χ2v) is 14.7. The summed E-state index contributed by atoms with van der Waals surface area (Å²) >= 11 is 0. The van der Waals surface area contributed by atoms with Gasteiger partial charge in [0.15, 0.2) is 0 Å². The summed E-state index contributed by atoms with van der Waals surface area (Å²) < 4.78 is 4.91. The Kier molecular flexibility index (Phi) is 7.54. The van der Waals surface area contributed by atoms with Crippen molar-refractivity contribution in [2.45, 2.75) is 20.8 Å². The predicted octanol–water partition coefficient (Wildman–Crippen LogP) is 13.7. The first-order chi connectivity index (χ1) is 27.0. The molecule has 0 radical (unpaired) electrons. The van der Waals surface area contributed by atoms with E-state index in [-0.39, 0.29) is 0 Å². The van der Waals surface area contributed by atoms with Gasteiger partial charge in [0.1, 0.15) is 0 Å². The van der Waals surface area contributed by atoms with Gasteiger partial charge in [0.25, 0.3) is 0 Å². The van der Waals surface area contributed by atoms with Gasteiger partial charge in [-0.3, -0.25) is 0 Å². The molecule has 10 aromatic rings. The largest absolute Gasteiger partial charge is 0.309 e. The lowest BCUT2D eigenvalue weighted by Crippen LogP contribution is -2.06. The van der Waals surface area contributed by atoms with Crippen molar-refractivity contribution in [2.75, 3.05) is 0 Å². The fourth-order valence-electron chi connectivity index (χ4n) is 8.66. The molecule has 0 fully saturated rings. The number of aryl methyl sites for hydroxylation is 2. The molecule has 10 rings (SSSR count). The number of aromatic nitrogens is 2. The molecule has 0 unspecified atom stereocenters. The zero-order chi connectivity index (χ0) is 37.2. The van der Waals surface area contributed by atoms with Crippen molar-refractivity contribution < 1.29 is 0 Å². The number of nitrogens with zero attached hydrogens (tertiary/aromatic N) is 3. The summed E-state index contributed by atoms with van der Waals surface area (Å²) in [7, 11) is 0. The highest BCUT2D eigenvalue weighted by molar-refractivity contribution is 6.12. The van der Waals surface area contributed by atoms with Crippen LogP contribution in [0.15, 0.2) is 170 Å². The van der Waals surface area contributed by atoms with E-state index in [1.807, 2.05) is 18.2 Å². The van der Waals surface area contributed by atoms with E-state index in [9.17, 15) is 5.26 Å². The number of fused-ring (bicyclic) bond motifs is 6. The highest BCUT2D eigenvalue weighted by Gasteiger charge is 2.23. The van der Waals surface area contributed by atoms with Crippen LogP contribution in [0.25, 0.3) is 88.4 Å². The molecular formula is C52H37N3. The van der Waals surface area contributed by atoms with Crippen LogP contribution in [0.2, 0.25) is 0 Å². The van der Waals surface area contributed by atoms with Gasteiger partial charge in [-0.25, -0.2) is 0 Å². The maximum atomic E-state index is 9.99. The van der Waals surface area contributed by atoms with Crippen LogP contribution in [0.3, 0.4) is 0 Å². The molecule has 0 atom stereocenters. The number of benzene rings is 8. The third kappa shape index (κ3) is 5.26. The van der Waals surface area contributed by atoms with Crippen molar-refractivity contribution in [2.24, 2.45) is 0 Å². The molecule has 0 N–H and O–H groups in total. The lowest BCUT2D eigenvalue weighted by Gasteiger charge is -2.21. The summed E-state index contributed by atoms with van der Waals surface area (Å²) in [6, 6.07) is 63.6. The van der Waals surface area contributed by atoms with Crippen molar-refractivity contribution in [1.29, 1.82) is 5.26 Å². The molecule has 2 aromatic heterocycles. The van der Waals surface area contributed by atoms with Crippen molar-refractivity contribution in [3.63, 3.8) is 0 Å². The van der Waals surface area contributed by atoms with Crippen molar-refractivity contribution >= 4 is 43.6 Å². The summed E-state index contributed by atoms with van der Waals surface area (Å²) in [6.45, 7) is 6.56. The molecule has 0 saturated carbocycles. The number of para-hydroxylation sites is 2. The Morgan fingerprint density at radius 3 is 1.51 bits per heavy atom. The van der Waals surface area contributed by atoms with Crippen molar-refractivity contribution in [3.05, 3.63) is 192 Å². The third-order valence-corrected chi connectivity index (χ3v) is 11.2. The van der Waals surface area contributed by atoms with Crippen LogP contribution in [0.1, 0.15) is 22.3 Å². The van der Waals surface area contributed by atoms with E-state index < -0.39 is 0 Å². The minimum absolute atomic E-state index is 0.639. The quantitative estimate of drug-likeness (QED) is 0.176. The Hall–Kier alpha value is -7.15. The van der Waals surface area contributed by atoms with E-state index in [1.54, 1.807) is 0 Å². The third-order valence-electron chi connectivity index (χ3n) is 11.2. The molecule has 260 valence electrons. The Morgan fingerprint density at radius 2 is 0.909 bits per heavy atom. The van der Waals surface area contributed by atoms with E-state index >= 15 is 0 Å². The molecule has 8 aromatic carbocycles.